The Bertz CT molecular complexity index is 400. The van der Waals surface area contributed by atoms with Crippen molar-refractivity contribution in [3.63, 3.8) is 0 Å². The number of thioether (sulfide) groups is 1. The molecule has 0 saturated carbocycles. The van der Waals surface area contributed by atoms with Gasteiger partial charge >= 0.3 is 0 Å². The summed E-state index contributed by atoms with van der Waals surface area (Å²) >= 11 is 1.53. The average Bonchev–Trinajstić information content (AvgIpc) is 2.69. The monoisotopic (exact) mass is 207 g/mol. The second-order valence-corrected chi connectivity index (χ2v) is 3.58. The molecule has 0 bridgehead atoms. The Morgan fingerprint density at radius 2 is 2.36 bits per heavy atom. The third kappa shape index (κ3) is 2.02. The van der Waals surface area contributed by atoms with Crippen molar-refractivity contribution in [2.75, 3.05) is 5.73 Å². The van der Waals surface area contributed by atoms with Crippen molar-refractivity contribution in [2.45, 2.75) is 10.8 Å². The van der Waals surface area contributed by atoms with Gasteiger partial charge < -0.3 is 5.73 Å². The van der Waals surface area contributed by atoms with Crippen LogP contribution in [-0.2, 0) is 5.75 Å². The fraction of sp³-hybridized carbons (Fsp3) is 0.125. The van der Waals surface area contributed by atoms with Crippen LogP contribution in [0.4, 0.5) is 5.69 Å². The number of nitrogens with one attached hydrogen (secondary N) is 1. The summed E-state index contributed by atoms with van der Waals surface area (Å²) < 4.78 is 0. The van der Waals surface area contributed by atoms with E-state index in [0.29, 0.717) is 11.4 Å². The number of H-pyrrole nitrogens is 1. The van der Waals surface area contributed by atoms with Gasteiger partial charge in [0.2, 0.25) is 0 Å². The van der Waals surface area contributed by atoms with Crippen LogP contribution in [0.15, 0.2) is 29.7 Å². The lowest BCUT2D eigenvalue weighted by Crippen LogP contribution is -1.92. The number of nitrogens with zero attached hydrogens (tertiary/aromatic N) is 3. The zero-order chi connectivity index (χ0) is 9.80. The van der Waals surface area contributed by atoms with Gasteiger partial charge in [0, 0.05) is 6.20 Å². The summed E-state index contributed by atoms with van der Waals surface area (Å²) in [4.78, 5) is 8.16. The SMILES string of the molecule is Nc1cccnc1SCc1ncn[nH]1. The second kappa shape index (κ2) is 4.10. The van der Waals surface area contributed by atoms with E-state index in [0.717, 1.165) is 10.9 Å². The number of hydrogen-bond donors (Lipinski definition) is 2. The maximum atomic E-state index is 5.73. The zero-order valence-electron chi connectivity index (χ0n) is 7.34. The molecule has 0 radical (unpaired) electrons. The Morgan fingerprint density at radius 3 is 3.07 bits per heavy atom. The van der Waals surface area contributed by atoms with Gasteiger partial charge in [0.1, 0.15) is 17.2 Å². The van der Waals surface area contributed by atoms with E-state index in [1.165, 1.54) is 18.1 Å². The molecule has 3 N–H and O–H groups in total. The number of hydrogen-bond acceptors (Lipinski definition) is 5. The molecule has 0 fully saturated rings. The molecule has 0 atom stereocenters. The highest BCUT2D eigenvalue weighted by Gasteiger charge is 2.02. The molecular formula is C8H9N5S. The molecule has 2 aromatic heterocycles. The maximum absolute atomic E-state index is 5.73. The Balaban J connectivity index is 2.02. The molecule has 2 rings (SSSR count). The van der Waals surface area contributed by atoms with Crippen LogP contribution in [0, 0.1) is 0 Å². The molecule has 0 aliphatic rings. The zero-order valence-corrected chi connectivity index (χ0v) is 8.16. The molecule has 0 aromatic carbocycles. The quantitative estimate of drug-likeness (QED) is 0.736. The van der Waals surface area contributed by atoms with Gasteiger partial charge in [-0.15, -0.1) is 0 Å². The molecule has 6 heteroatoms. The second-order valence-electron chi connectivity index (χ2n) is 2.62. The standard InChI is InChI=1S/C8H9N5S/c9-6-2-1-3-10-8(6)14-4-7-11-5-12-13-7/h1-3,5H,4,9H2,(H,11,12,13). The molecule has 72 valence electrons. The summed E-state index contributed by atoms with van der Waals surface area (Å²) in [5.74, 6) is 1.52. The largest absolute Gasteiger partial charge is 0.397 e. The smallest absolute Gasteiger partial charge is 0.137 e. The first-order valence-electron chi connectivity index (χ1n) is 4.04. The van der Waals surface area contributed by atoms with E-state index in [4.69, 9.17) is 5.73 Å². The molecule has 0 aliphatic heterocycles. The lowest BCUT2D eigenvalue weighted by Gasteiger charge is -2.00. The molecular weight excluding hydrogens is 198 g/mol. The van der Waals surface area contributed by atoms with E-state index in [9.17, 15) is 0 Å². The van der Waals surface area contributed by atoms with Gasteiger partial charge in [-0.05, 0) is 12.1 Å². The van der Waals surface area contributed by atoms with Crippen LogP contribution < -0.4 is 5.73 Å². The van der Waals surface area contributed by atoms with Crippen LogP contribution in [0.1, 0.15) is 5.82 Å². The van der Waals surface area contributed by atoms with Crippen molar-refractivity contribution in [2.24, 2.45) is 0 Å². The van der Waals surface area contributed by atoms with Gasteiger partial charge in [0.05, 0.1) is 11.4 Å². The van der Waals surface area contributed by atoms with Crippen LogP contribution in [-0.4, -0.2) is 20.2 Å². The molecule has 5 nitrogen and oxygen atoms in total. The summed E-state index contributed by atoms with van der Waals surface area (Å²) in [7, 11) is 0. The number of nitrogen functional groups attached to an aromatic ring is 1. The van der Waals surface area contributed by atoms with Gasteiger partial charge in [-0.1, -0.05) is 11.8 Å². The summed E-state index contributed by atoms with van der Waals surface area (Å²) in [5.41, 5.74) is 6.42. The third-order valence-electron chi connectivity index (χ3n) is 1.61. The van der Waals surface area contributed by atoms with Crippen molar-refractivity contribution >= 4 is 17.4 Å². The van der Waals surface area contributed by atoms with Crippen molar-refractivity contribution < 1.29 is 0 Å². The topological polar surface area (TPSA) is 80.5 Å². The van der Waals surface area contributed by atoms with Crippen LogP contribution >= 0.6 is 11.8 Å². The van der Waals surface area contributed by atoms with Gasteiger partial charge in [-0.3, -0.25) is 5.10 Å². The minimum Gasteiger partial charge on any atom is -0.397 e. The van der Waals surface area contributed by atoms with Crippen molar-refractivity contribution in [3.05, 3.63) is 30.5 Å². The minimum absolute atomic E-state index is 0.692. The maximum Gasteiger partial charge on any atom is 0.137 e. The Kier molecular flexibility index (Phi) is 2.64. The number of aromatic amines is 1. The molecule has 0 saturated heterocycles. The van der Waals surface area contributed by atoms with Gasteiger partial charge in [-0.2, -0.15) is 5.10 Å². The summed E-state index contributed by atoms with van der Waals surface area (Å²) in [6.45, 7) is 0. The fourth-order valence-electron chi connectivity index (χ4n) is 0.961. The van der Waals surface area contributed by atoms with Crippen LogP contribution in [0.3, 0.4) is 0 Å². The van der Waals surface area contributed by atoms with Crippen LogP contribution in [0.2, 0.25) is 0 Å². The first-order valence-corrected chi connectivity index (χ1v) is 5.02. The lowest BCUT2D eigenvalue weighted by molar-refractivity contribution is 1.02. The molecule has 2 heterocycles. The van der Waals surface area contributed by atoms with E-state index in [-0.39, 0.29) is 0 Å². The third-order valence-corrected chi connectivity index (χ3v) is 2.64. The number of pyridine rings is 1. The highest BCUT2D eigenvalue weighted by Crippen LogP contribution is 2.23. The van der Waals surface area contributed by atoms with E-state index >= 15 is 0 Å². The normalized spacial score (nSPS) is 10.3. The van der Waals surface area contributed by atoms with Crippen LogP contribution in [0.25, 0.3) is 0 Å². The number of nitrogens with two attached hydrogens (primary N) is 1. The Labute approximate surface area is 85.2 Å². The van der Waals surface area contributed by atoms with Crippen molar-refractivity contribution in [1.82, 2.24) is 20.2 Å². The predicted molar refractivity (Wildman–Crippen MR) is 54.6 cm³/mol. The van der Waals surface area contributed by atoms with Gasteiger partial charge in [-0.25, -0.2) is 9.97 Å². The van der Waals surface area contributed by atoms with Gasteiger partial charge in [0.25, 0.3) is 0 Å². The van der Waals surface area contributed by atoms with Crippen molar-refractivity contribution in [3.8, 4) is 0 Å². The number of anilines is 1. The summed E-state index contributed by atoms with van der Waals surface area (Å²) in [6.07, 6.45) is 3.21. The minimum atomic E-state index is 0.692. The van der Waals surface area contributed by atoms with Crippen molar-refractivity contribution in [1.29, 1.82) is 0 Å². The predicted octanol–water partition coefficient (Wildman–Crippen LogP) is 1.07. The lowest BCUT2D eigenvalue weighted by atomic mass is 10.4. The average molecular weight is 207 g/mol. The van der Waals surface area contributed by atoms with Gasteiger partial charge in [0.15, 0.2) is 0 Å². The molecule has 2 aromatic rings. The van der Waals surface area contributed by atoms with E-state index in [2.05, 4.69) is 20.2 Å². The summed E-state index contributed by atoms with van der Waals surface area (Å²) in [5, 5.41) is 7.36. The first-order chi connectivity index (χ1) is 6.86. The van der Waals surface area contributed by atoms with E-state index < -0.39 is 0 Å². The molecule has 0 unspecified atom stereocenters. The van der Waals surface area contributed by atoms with E-state index in [1.54, 1.807) is 6.20 Å². The Morgan fingerprint density at radius 1 is 1.43 bits per heavy atom. The molecule has 0 spiro atoms. The molecule has 0 aliphatic carbocycles. The number of rotatable bonds is 3. The summed E-state index contributed by atoms with van der Waals surface area (Å²) in [6, 6.07) is 3.64. The van der Waals surface area contributed by atoms with Crippen LogP contribution in [0.5, 0.6) is 0 Å². The molecule has 0 amide bonds. The molecule has 14 heavy (non-hydrogen) atoms. The van der Waals surface area contributed by atoms with E-state index in [1.807, 2.05) is 12.1 Å². The highest BCUT2D eigenvalue weighted by molar-refractivity contribution is 7.98. The highest BCUT2D eigenvalue weighted by atomic mass is 32.2. The fourth-order valence-corrected chi connectivity index (χ4v) is 1.74. The number of aromatic nitrogens is 4. The Hall–Kier alpha value is -1.56. The first kappa shape index (κ1) is 9.01.